The van der Waals surface area contributed by atoms with E-state index in [9.17, 15) is 4.79 Å². The van der Waals surface area contributed by atoms with Crippen molar-refractivity contribution in [1.82, 2.24) is 14.4 Å². The molecule has 0 saturated carbocycles. The molecule has 1 aliphatic heterocycles. The lowest BCUT2D eigenvalue weighted by molar-refractivity contribution is 0.111. The Bertz CT molecular complexity index is 656. The van der Waals surface area contributed by atoms with Crippen LogP contribution >= 0.6 is 0 Å². The summed E-state index contributed by atoms with van der Waals surface area (Å²) in [6, 6.07) is 7.55. The van der Waals surface area contributed by atoms with Crippen LogP contribution in [0.4, 0.5) is 0 Å². The van der Waals surface area contributed by atoms with Crippen LogP contribution in [-0.2, 0) is 6.54 Å². The largest absolute Gasteiger partial charge is 0.419 e. The van der Waals surface area contributed by atoms with E-state index in [1.807, 2.05) is 24.3 Å². The van der Waals surface area contributed by atoms with Crippen LogP contribution in [0.3, 0.4) is 0 Å². The summed E-state index contributed by atoms with van der Waals surface area (Å²) in [5, 5.41) is 8.95. The maximum Gasteiger partial charge on any atom is 0.419 e. The van der Waals surface area contributed by atoms with Gasteiger partial charge in [0, 0.05) is 39.3 Å². The number of hydrogen-bond donors (Lipinski definition) is 1. The smallest absolute Gasteiger partial charge is 0.408 e. The molecule has 22 heavy (non-hydrogen) atoms. The third-order valence-corrected chi connectivity index (χ3v) is 4.31. The van der Waals surface area contributed by atoms with E-state index < -0.39 is 0 Å². The number of para-hydroxylation sites is 2. The molecule has 1 fully saturated rings. The zero-order valence-corrected chi connectivity index (χ0v) is 12.8. The first-order valence-corrected chi connectivity index (χ1v) is 7.92. The minimum Gasteiger partial charge on any atom is -0.408 e. The van der Waals surface area contributed by atoms with Gasteiger partial charge >= 0.3 is 5.76 Å². The number of nitrogens with zero attached hydrogens (tertiary/aromatic N) is 3. The second kappa shape index (κ2) is 7.09. The summed E-state index contributed by atoms with van der Waals surface area (Å²) in [5.74, 6) is -0.269. The molecular weight excluding hydrogens is 282 g/mol. The van der Waals surface area contributed by atoms with Gasteiger partial charge in [-0.2, -0.15) is 0 Å². The van der Waals surface area contributed by atoms with Crippen molar-refractivity contribution in [3.63, 3.8) is 0 Å². The summed E-state index contributed by atoms with van der Waals surface area (Å²) in [4.78, 5) is 16.6. The maximum absolute atomic E-state index is 11.9. The summed E-state index contributed by atoms with van der Waals surface area (Å²) in [6.07, 6.45) is 0.934. The van der Waals surface area contributed by atoms with Gasteiger partial charge in [0.2, 0.25) is 0 Å². The van der Waals surface area contributed by atoms with Gasteiger partial charge in [-0.15, -0.1) is 0 Å². The number of aromatic nitrogens is 1. The van der Waals surface area contributed by atoms with Crippen LogP contribution in [0.2, 0.25) is 0 Å². The van der Waals surface area contributed by atoms with Crippen LogP contribution in [0.25, 0.3) is 11.1 Å². The molecule has 0 bridgehead atoms. The van der Waals surface area contributed by atoms with Crippen molar-refractivity contribution in [3.05, 3.63) is 34.8 Å². The summed E-state index contributed by atoms with van der Waals surface area (Å²) >= 11 is 0. The lowest BCUT2D eigenvalue weighted by Crippen LogP contribution is -2.47. The number of piperazine rings is 1. The lowest BCUT2D eigenvalue weighted by atomic mass is 10.2. The number of aliphatic hydroxyl groups is 1. The molecule has 0 unspecified atom stereocenters. The Labute approximate surface area is 129 Å². The van der Waals surface area contributed by atoms with E-state index in [-0.39, 0.29) is 12.4 Å². The van der Waals surface area contributed by atoms with Crippen LogP contribution in [0.15, 0.2) is 33.5 Å². The Morgan fingerprint density at radius 2 is 1.68 bits per heavy atom. The molecular formula is C16H23N3O3. The number of rotatable bonds is 6. The fourth-order valence-electron chi connectivity index (χ4n) is 3.06. The van der Waals surface area contributed by atoms with Gasteiger partial charge in [0.1, 0.15) is 0 Å². The molecule has 0 atom stereocenters. The van der Waals surface area contributed by atoms with E-state index in [1.165, 1.54) is 0 Å². The minimum absolute atomic E-state index is 0.233. The van der Waals surface area contributed by atoms with Crippen molar-refractivity contribution in [2.24, 2.45) is 0 Å². The molecule has 1 saturated heterocycles. The van der Waals surface area contributed by atoms with E-state index in [0.29, 0.717) is 12.1 Å². The van der Waals surface area contributed by atoms with Crippen LogP contribution in [0.1, 0.15) is 6.42 Å². The molecule has 1 aliphatic rings. The van der Waals surface area contributed by atoms with Crippen LogP contribution in [0, 0.1) is 0 Å². The predicted molar refractivity (Wildman–Crippen MR) is 85.1 cm³/mol. The predicted octanol–water partition coefficient (Wildman–Crippen LogP) is 0.594. The van der Waals surface area contributed by atoms with Gasteiger partial charge < -0.3 is 14.4 Å². The van der Waals surface area contributed by atoms with Crippen molar-refractivity contribution in [2.45, 2.75) is 13.0 Å². The molecule has 0 amide bonds. The summed E-state index contributed by atoms with van der Waals surface area (Å²) in [5.41, 5.74) is 1.53. The highest BCUT2D eigenvalue weighted by Crippen LogP contribution is 2.12. The third-order valence-electron chi connectivity index (χ3n) is 4.31. The second-order valence-corrected chi connectivity index (χ2v) is 5.75. The quantitative estimate of drug-likeness (QED) is 0.846. The van der Waals surface area contributed by atoms with E-state index in [2.05, 4.69) is 9.80 Å². The zero-order chi connectivity index (χ0) is 15.4. The first-order valence-electron chi connectivity index (χ1n) is 7.92. The molecule has 6 heteroatoms. The maximum atomic E-state index is 11.9. The first kappa shape index (κ1) is 15.3. The van der Waals surface area contributed by atoms with Crippen molar-refractivity contribution in [1.29, 1.82) is 0 Å². The first-order chi connectivity index (χ1) is 10.8. The highest BCUT2D eigenvalue weighted by molar-refractivity contribution is 5.72. The van der Waals surface area contributed by atoms with E-state index in [4.69, 9.17) is 9.52 Å². The minimum atomic E-state index is -0.269. The van der Waals surface area contributed by atoms with Crippen LogP contribution in [-0.4, -0.2) is 65.3 Å². The zero-order valence-electron chi connectivity index (χ0n) is 12.8. The van der Waals surface area contributed by atoms with Gasteiger partial charge in [-0.3, -0.25) is 9.47 Å². The number of aryl methyl sites for hydroxylation is 1. The Kier molecular flexibility index (Phi) is 4.92. The number of fused-ring (bicyclic) bond motifs is 1. The monoisotopic (exact) mass is 305 g/mol. The molecule has 1 N–H and O–H groups in total. The van der Waals surface area contributed by atoms with E-state index in [1.54, 1.807) is 4.57 Å². The standard InChI is InChI=1S/C16H23N3O3/c20-13-12-18-10-8-17(9-11-18)6-3-7-19-14-4-1-2-5-15(14)22-16(19)21/h1-2,4-5,20H,3,6-13H2. The Morgan fingerprint density at radius 1 is 1.00 bits per heavy atom. The molecule has 2 aromatic rings. The second-order valence-electron chi connectivity index (χ2n) is 5.75. The van der Waals surface area contributed by atoms with Gasteiger partial charge in [0.15, 0.2) is 5.58 Å². The van der Waals surface area contributed by atoms with E-state index >= 15 is 0 Å². The number of benzene rings is 1. The third kappa shape index (κ3) is 3.40. The van der Waals surface area contributed by atoms with Gasteiger partial charge in [0.25, 0.3) is 0 Å². The lowest BCUT2D eigenvalue weighted by Gasteiger charge is -2.34. The van der Waals surface area contributed by atoms with Crippen molar-refractivity contribution < 1.29 is 9.52 Å². The Morgan fingerprint density at radius 3 is 2.41 bits per heavy atom. The summed E-state index contributed by atoms with van der Waals surface area (Å²) < 4.78 is 6.97. The molecule has 0 aliphatic carbocycles. The topological polar surface area (TPSA) is 61.9 Å². The fourth-order valence-corrected chi connectivity index (χ4v) is 3.06. The van der Waals surface area contributed by atoms with Crippen molar-refractivity contribution in [3.8, 4) is 0 Å². The van der Waals surface area contributed by atoms with Crippen LogP contribution in [0.5, 0.6) is 0 Å². The Balaban J connectivity index is 1.51. The van der Waals surface area contributed by atoms with Crippen LogP contribution < -0.4 is 5.76 Å². The van der Waals surface area contributed by atoms with E-state index in [0.717, 1.165) is 51.2 Å². The molecule has 0 spiro atoms. The fraction of sp³-hybridized carbons (Fsp3) is 0.562. The van der Waals surface area contributed by atoms with Crippen molar-refractivity contribution in [2.75, 3.05) is 45.9 Å². The molecule has 1 aromatic carbocycles. The normalized spacial score (nSPS) is 17.3. The molecule has 6 nitrogen and oxygen atoms in total. The highest BCUT2D eigenvalue weighted by Gasteiger charge is 2.16. The average molecular weight is 305 g/mol. The number of oxazole rings is 1. The van der Waals surface area contributed by atoms with Gasteiger partial charge in [-0.1, -0.05) is 12.1 Å². The number of hydrogen-bond acceptors (Lipinski definition) is 5. The molecule has 3 rings (SSSR count). The molecule has 2 heterocycles. The SMILES string of the molecule is O=c1oc2ccccc2n1CCCN1CCN(CCO)CC1. The highest BCUT2D eigenvalue weighted by atomic mass is 16.4. The van der Waals surface area contributed by atoms with Gasteiger partial charge in [-0.05, 0) is 25.1 Å². The van der Waals surface area contributed by atoms with Gasteiger partial charge in [-0.25, -0.2) is 4.79 Å². The number of aliphatic hydroxyl groups excluding tert-OH is 1. The van der Waals surface area contributed by atoms with Crippen molar-refractivity contribution >= 4 is 11.1 Å². The molecule has 0 radical (unpaired) electrons. The average Bonchev–Trinajstić information content (AvgIpc) is 2.85. The van der Waals surface area contributed by atoms with Gasteiger partial charge in [0.05, 0.1) is 12.1 Å². The molecule has 120 valence electrons. The summed E-state index contributed by atoms with van der Waals surface area (Å²) in [6.45, 7) is 6.75. The Hall–Kier alpha value is -1.63. The number of β-amino-alcohol motifs (C(OH)–C–C–N with tert-alkyl or cyclic N) is 1. The summed E-state index contributed by atoms with van der Waals surface area (Å²) in [7, 11) is 0. The molecule has 1 aromatic heterocycles.